The molecule has 13 heavy (non-hydrogen) atoms. The molecule has 0 saturated heterocycles. The maximum absolute atomic E-state index is 5.07. The van der Waals surface area contributed by atoms with E-state index in [4.69, 9.17) is 4.42 Å². The summed E-state index contributed by atoms with van der Waals surface area (Å²) in [6, 6.07) is 3.65. The average Bonchev–Trinajstić information content (AvgIpc) is 2.71. The largest absolute Gasteiger partial charge is 0.463 e. The molecule has 2 aromatic heterocycles. The maximum Gasteiger partial charge on any atom is 0.288 e. The van der Waals surface area contributed by atoms with Crippen molar-refractivity contribution in [3.8, 4) is 0 Å². The lowest BCUT2D eigenvalue weighted by atomic mass is 10.5. The van der Waals surface area contributed by atoms with Gasteiger partial charge < -0.3 is 4.42 Å². The van der Waals surface area contributed by atoms with Crippen LogP contribution in [0.5, 0.6) is 0 Å². The third kappa shape index (κ3) is 1.81. The van der Waals surface area contributed by atoms with Crippen LogP contribution in [-0.2, 0) is 7.05 Å². The number of aryl methyl sites for hydroxylation is 1. The van der Waals surface area contributed by atoms with Gasteiger partial charge in [0.2, 0.25) is 6.33 Å². The van der Waals surface area contributed by atoms with Gasteiger partial charge in [0.1, 0.15) is 12.0 Å². The van der Waals surface area contributed by atoms with E-state index < -0.39 is 0 Å². The molecule has 0 aromatic carbocycles. The Kier molecular flexibility index (Phi) is 1.91. The van der Waals surface area contributed by atoms with Gasteiger partial charge in [-0.3, -0.25) is 0 Å². The quantitative estimate of drug-likeness (QED) is 0.485. The standard InChI is InChI=1S/C8H9N4O/c1-11-7-12(6-10-11)9-5-8-3-2-4-13-8/h2-7H,1H3/q+1. The van der Waals surface area contributed by atoms with E-state index in [9.17, 15) is 0 Å². The predicted octanol–water partition coefficient (Wildman–Crippen LogP) is 0.183. The van der Waals surface area contributed by atoms with Gasteiger partial charge in [-0.1, -0.05) is 0 Å². The molecule has 0 aliphatic rings. The minimum absolute atomic E-state index is 0.719. The molecule has 5 nitrogen and oxygen atoms in total. The molecule has 66 valence electrons. The fraction of sp³-hybridized carbons (Fsp3) is 0.125. The summed E-state index contributed by atoms with van der Waals surface area (Å²) in [5.41, 5.74) is 0. The Balaban J connectivity index is 2.14. The third-order valence-corrected chi connectivity index (χ3v) is 1.50. The Morgan fingerprint density at radius 3 is 3.23 bits per heavy atom. The van der Waals surface area contributed by atoms with Crippen molar-refractivity contribution in [3.05, 3.63) is 36.8 Å². The first-order valence-corrected chi connectivity index (χ1v) is 3.82. The van der Waals surface area contributed by atoms with Crippen LogP contribution in [0.3, 0.4) is 0 Å². The van der Waals surface area contributed by atoms with Crippen LogP contribution in [-0.4, -0.2) is 16.0 Å². The van der Waals surface area contributed by atoms with E-state index in [-0.39, 0.29) is 0 Å². The lowest BCUT2D eigenvalue weighted by molar-refractivity contribution is -0.679. The number of hydrogen-bond acceptors (Lipinski definition) is 3. The van der Waals surface area contributed by atoms with Crippen molar-refractivity contribution in [1.82, 2.24) is 9.78 Å². The maximum atomic E-state index is 5.07. The molecule has 0 N–H and O–H groups in total. The predicted molar refractivity (Wildman–Crippen MR) is 45.1 cm³/mol. The molecule has 0 aliphatic heterocycles. The second kappa shape index (κ2) is 3.22. The van der Waals surface area contributed by atoms with Crippen LogP contribution in [0.1, 0.15) is 5.76 Å². The SMILES string of the molecule is Cn1c[n+](N=Cc2ccco2)cn1. The first-order valence-electron chi connectivity index (χ1n) is 3.82. The van der Waals surface area contributed by atoms with Gasteiger partial charge in [-0.15, -0.1) is 14.5 Å². The summed E-state index contributed by atoms with van der Waals surface area (Å²) in [6.07, 6.45) is 6.59. The minimum Gasteiger partial charge on any atom is -0.463 e. The van der Waals surface area contributed by atoms with E-state index in [2.05, 4.69) is 10.2 Å². The van der Waals surface area contributed by atoms with E-state index >= 15 is 0 Å². The first-order chi connectivity index (χ1) is 6.34. The molecule has 2 heterocycles. The molecule has 0 bridgehead atoms. The molecule has 5 heteroatoms. The molecule has 0 atom stereocenters. The molecular weight excluding hydrogens is 168 g/mol. The van der Waals surface area contributed by atoms with Crippen molar-refractivity contribution >= 4 is 6.21 Å². The summed E-state index contributed by atoms with van der Waals surface area (Å²) < 4.78 is 8.34. The van der Waals surface area contributed by atoms with Crippen LogP contribution in [0.2, 0.25) is 0 Å². The number of aromatic nitrogens is 3. The summed E-state index contributed by atoms with van der Waals surface area (Å²) in [5.74, 6) is 0.719. The van der Waals surface area contributed by atoms with Crippen LogP contribution >= 0.6 is 0 Å². The third-order valence-electron chi connectivity index (χ3n) is 1.50. The summed E-state index contributed by atoms with van der Waals surface area (Å²) in [4.78, 5) is 0. The van der Waals surface area contributed by atoms with Gasteiger partial charge in [0, 0.05) is 5.10 Å². The number of hydrogen-bond donors (Lipinski definition) is 0. The molecule has 0 fully saturated rings. The second-order valence-corrected chi connectivity index (χ2v) is 2.56. The van der Waals surface area contributed by atoms with Crippen LogP contribution in [0.15, 0.2) is 40.6 Å². The molecule has 0 spiro atoms. The van der Waals surface area contributed by atoms with Crippen LogP contribution in [0.4, 0.5) is 0 Å². The van der Waals surface area contributed by atoms with Crippen LogP contribution in [0.25, 0.3) is 0 Å². The van der Waals surface area contributed by atoms with Gasteiger partial charge in [-0.2, -0.15) is 0 Å². The van der Waals surface area contributed by atoms with Crippen molar-refractivity contribution in [2.75, 3.05) is 0 Å². The van der Waals surface area contributed by atoms with Gasteiger partial charge in [0.25, 0.3) is 6.33 Å². The van der Waals surface area contributed by atoms with Gasteiger partial charge >= 0.3 is 0 Å². The van der Waals surface area contributed by atoms with Gasteiger partial charge in [-0.25, -0.2) is 0 Å². The normalized spacial score (nSPS) is 11.2. The van der Waals surface area contributed by atoms with E-state index in [1.165, 1.54) is 0 Å². The van der Waals surface area contributed by atoms with Crippen molar-refractivity contribution in [2.24, 2.45) is 12.1 Å². The zero-order valence-electron chi connectivity index (χ0n) is 7.16. The van der Waals surface area contributed by atoms with Crippen LogP contribution in [0, 0.1) is 0 Å². The number of furan rings is 1. The van der Waals surface area contributed by atoms with Crippen molar-refractivity contribution in [1.29, 1.82) is 0 Å². The molecule has 2 aromatic rings. The van der Waals surface area contributed by atoms with Crippen molar-refractivity contribution in [2.45, 2.75) is 0 Å². The van der Waals surface area contributed by atoms with Gasteiger partial charge in [0.05, 0.1) is 13.3 Å². The summed E-state index contributed by atoms with van der Waals surface area (Å²) >= 11 is 0. The fourth-order valence-corrected chi connectivity index (χ4v) is 0.913. The lowest BCUT2D eigenvalue weighted by Gasteiger charge is -1.81. The van der Waals surface area contributed by atoms with E-state index in [0.717, 1.165) is 5.76 Å². The Bertz CT molecular complexity index is 401. The fourth-order valence-electron chi connectivity index (χ4n) is 0.913. The Morgan fingerprint density at radius 1 is 1.69 bits per heavy atom. The second-order valence-electron chi connectivity index (χ2n) is 2.56. The molecular formula is C8H9N4O+. The first kappa shape index (κ1) is 7.72. The van der Waals surface area contributed by atoms with Crippen molar-refractivity contribution in [3.63, 3.8) is 0 Å². The van der Waals surface area contributed by atoms with Crippen LogP contribution < -0.4 is 4.68 Å². The highest BCUT2D eigenvalue weighted by Crippen LogP contribution is 1.94. The van der Waals surface area contributed by atoms with E-state index in [1.807, 2.05) is 19.2 Å². The highest BCUT2D eigenvalue weighted by Gasteiger charge is 1.97. The molecule has 0 unspecified atom stereocenters. The zero-order valence-corrected chi connectivity index (χ0v) is 7.16. The average molecular weight is 177 g/mol. The van der Waals surface area contributed by atoms with E-state index in [1.54, 1.807) is 34.5 Å². The molecule has 0 radical (unpaired) electrons. The minimum atomic E-state index is 0.719. The highest BCUT2D eigenvalue weighted by atomic mass is 16.3. The molecule has 2 rings (SSSR count). The summed E-state index contributed by atoms with van der Waals surface area (Å²) in [5, 5.41) is 8.04. The molecule has 0 aliphatic carbocycles. The van der Waals surface area contributed by atoms with Crippen molar-refractivity contribution < 1.29 is 9.09 Å². The Labute approximate surface area is 74.9 Å². The Hall–Kier alpha value is -1.91. The van der Waals surface area contributed by atoms with Gasteiger partial charge in [0.15, 0.2) is 0 Å². The molecule has 0 amide bonds. The smallest absolute Gasteiger partial charge is 0.288 e. The summed E-state index contributed by atoms with van der Waals surface area (Å²) in [6.45, 7) is 0. The number of nitrogens with zero attached hydrogens (tertiary/aromatic N) is 4. The summed E-state index contributed by atoms with van der Waals surface area (Å²) in [7, 11) is 1.83. The number of rotatable bonds is 2. The zero-order chi connectivity index (χ0) is 9.10. The monoisotopic (exact) mass is 177 g/mol. The van der Waals surface area contributed by atoms with Gasteiger partial charge in [-0.05, 0) is 12.1 Å². The Morgan fingerprint density at radius 2 is 2.62 bits per heavy atom. The highest BCUT2D eigenvalue weighted by molar-refractivity contribution is 5.74. The topological polar surface area (TPSA) is 47.2 Å². The van der Waals surface area contributed by atoms with E-state index in [0.29, 0.717) is 0 Å². The molecule has 0 saturated carbocycles. The lowest BCUT2D eigenvalue weighted by Crippen LogP contribution is -2.23.